The first kappa shape index (κ1) is 24.5. The molecule has 0 spiro atoms. The molecule has 5 heterocycles. The van der Waals surface area contributed by atoms with Crippen molar-refractivity contribution in [2.45, 2.75) is 38.1 Å². The summed E-state index contributed by atoms with van der Waals surface area (Å²) in [6.45, 7) is 6.09. The van der Waals surface area contributed by atoms with E-state index in [4.69, 9.17) is 0 Å². The van der Waals surface area contributed by atoms with E-state index in [2.05, 4.69) is 54.8 Å². The summed E-state index contributed by atoms with van der Waals surface area (Å²) in [5.74, 6) is 0.716. The highest BCUT2D eigenvalue weighted by Gasteiger charge is 2.31. The van der Waals surface area contributed by atoms with Gasteiger partial charge in [0.15, 0.2) is 6.29 Å². The van der Waals surface area contributed by atoms with Crippen LogP contribution < -0.4 is 9.80 Å². The molecule has 38 heavy (non-hydrogen) atoms. The third-order valence-electron chi connectivity index (χ3n) is 7.89. The van der Waals surface area contributed by atoms with Gasteiger partial charge in [0, 0.05) is 85.8 Å². The molecule has 2 atom stereocenters. The second-order valence-electron chi connectivity index (χ2n) is 10.2. The van der Waals surface area contributed by atoms with Crippen LogP contribution in [0.2, 0.25) is 0 Å². The Kier molecular flexibility index (Phi) is 6.78. The molecule has 3 aromatic heterocycles. The molecule has 1 N–H and O–H groups in total. The normalized spacial score (nSPS) is 20.1. The summed E-state index contributed by atoms with van der Waals surface area (Å²) < 4.78 is 2.03. The highest BCUT2D eigenvalue weighted by Crippen LogP contribution is 2.33. The van der Waals surface area contributed by atoms with Gasteiger partial charge in [-0.3, -0.25) is 14.7 Å². The maximum absolute atomic E-state index is 12.3. The molecule has 6 rings (SSSR count). The van der Waals surface area contributed by atoms with Crippen molar-refractivity contribution in [3.8, 4) is 11.1 Å². The molecule has 9 heteroatoms. The Hall–Kier alpha value is -3.82. The van der Waals surface area contributed by atoms with Gasteiger partial charge in [0.1, 0.15) is 6.17 Å². The van der Waals surface area contributed by atoms with Gasteiger partial charge in [0.05, 0.1) is 17.8 Å². The number of nitrogens with zero attached hydrogens (tertiary/aromatic N) is 7. The largest absolute Gasteiger partial charge is 0.393 e. The molecule has 2 aliphatic rings. The van der Waals surface area contributed by atoms with Crippen LogP contribution in [-0.2, 0) is 4.79 Å². The van der Waals surface area contributed by atoms with Gasteiger partial charge in [-0.15, -0.1) is 0 Å². The monoisotopic (exact) mass is 511 g/mol. The molecular weight excluding hydrogens is 478 g/mol. The summed E-state index contributed by atoms with van der Waals surface area (Å²) in [7, 11) is 0. The number of anilines is 2. The minimum atomic E-state index is -0.374. The number of piperidine rings is 1. The predicted molar refractivity (Wildman–Crippen MR) is 148 cm³/mol. The number of hydrogen-bond acceptors (Lipinski definition) is 8. The number of piperazine rings is 1. The first-order chi connectivity index (χ1) is 18.6. The average molecular weight is 512 g/mol. The topological polar surface area (TPSA) is 90.6 Å². The molecule has 0 aliphatic carbocycles. The van der Waals surface area contributed by atoms with Crippen molar-refractivity contribution in [2.75, 3.05) is 42.5 Å². The lowest BCUT2D eigenvalue weighted by Gasteiger charge is -2.44. The second kappa shape index (κ2) is 10.5. The standard InChI is InChI=1S/C29H33N7O2/c1-21-19-34(14-15-35(21)28(20-37)36-13-7-22-6-10-30-18-27(22)36)26-5-3-2-4-25(26)23-16-31-29(32-17-23)33-11-8-24(38)9-12-33/h2-7,10,13,16-18,20-21,24,28,38H,8-9,11-12,14-15,19H2,1H3. The molecule has 196 valence electrons. The van der Waals surface area contributed by atoms with Gasteiger partial charge in [-0.05, 0) is 38.0 Å². The fourth-order valence-electron chi connectivity index (χ4n) is 5.80. The van der Waals surface area contributed by atoms with E-state index in [9.17, 15) is 9.90 Å². The number of aliphatic hydroxyl groups is 1. The van der Waals surface area contributed by atoms with Crippen LogP contribution in [0.25, 0.3) is 22.0 Å². The quantitative estimate of drug-likeness (QED) is 0.394. The Morgan fingerprint density at radius 1 is 0.974 bits per heavy atom. The Labute approximate surface area is 222 Å². The van der Waals surface area contributed by atoms with E-state index in [1.807, 2.05) is 47.6 Å². The maximum atomic E-state index is 12.3. The van der Waals surface area contributed by atoms with Crippen LogP contribution in [0.1, 0.15) is 25.9 Å². The first-order valence-electron chi connectivity index (χ1n) is 13.3. The van der Waals surface area contributed by atoms with Crippen molar-refractivity contribution < 1.29 is 9.90 Å². The number of carbonyl (C=O) groups is 1. The van der Waals surface area contributed by atoms with E-state index in [1.54, 1.807) is 6.20 Å². The molecule has 0 radical (unpaired) electrons. The van der Waals surface area contributed by atoms with Crippen molar-refractivity contribution in [3.05, 3.63) is 67.4 Å². The smallest absolute Gasteiger partial charge is 0.225 e. The zero-order chi connectivity index (χ0) is 26.1. The number of pyridine rings is 1. The minimum absolute atomic E-state index is 0.161. The van der Waals surface area contributed by atoms with Crippen molar-refractivity contribution in [1.82, 2.24) is 24.4 Å². The van der Waals surface area contributed by atoms with Crippen molar-refractivity contribution >= 4 is 28.8 Å². The van der Waals surface area contributed by atoms with E-state index in [0.29, 0.717) is 5.95 Å². The summed E-state index contributed by atoms with van der Waals surface area (Å²) >= 11 is 0. The number of rotatable bonds is 6. The van der Waals surface area contributed by atoms with Crippen LogP contribution in [-0.4, -0.2) is 80.7 Å². The van der Waals surface area contributed by atoms with E-state index >= 15 is 0 Å². The van der Waals surface area contributed by atoms with Crippen LogP contribution in [0.4, 0.5) is 11.6 Å². The van der Waals surface area contributed by atoms with E-state index < -0.39 is 0 Å². The van der Waals surface area contributed by atoms with Crippen molar-refractivity contribution in [2.24, 2.45) is 0 Å². The second-order valence-corrected chi connectivity index (χ2v) is 10.2. The zero-order valence-corrected chi connectivity index (χ0v) is 21.6. The van der Waals surface area contributed by atoms with Crippen LogP contribution in [0.15, 0.2) is 67.4 Å². The molecule has 0 saturated carbocycles. The predicted octanol–water partition coefficient (Wildman–Crippen LogP) is 3.36. The molecule has 4 aromatic rings. The molecule has 0 amide bonds. The number of para-hydroxylation sites is 1. The third-order valence-corrected chi connectivity index (χ3v) is 7.89. The number of benzene rings is 1. The van der Waals surface area contributed by atoms with Gasteiger partial charge in [-0.25, -0.2) is 9.97 Å². The molecule has 9 nitrogen and oxygen atoms in total. The zero-order valence-electron chi connectivity index (χ0n) is 21.6. The highest BCUT2D eigenvalue weighted by molar-refractivity contribution is 5.80. The van der Waals surface area contributed by atoms with E-state index in [0.717, 1.165) is 79.6 Å². The first-order valence-corrected chi connectivity index (χ1v) is 13.3. The van der Waals surface area contributed by atoms with Crippen molar-refractivity contribution in [3.63, 3.8) is 0 Å². The summed E-state index contributed by atoms with van der Waals surface area (Å²) in [5, 5.41) is 10.9. The van der Waals surface area contributed by atoms with Gasteiger partial charge in [0.2, 0.25) is 5.95 Å². The molecule has 2 unspecified atom stereocenters. The highest BCUT2D eigenvalue weighted by atomic mass is 16.3. The van der Waals surface area contributed by atoms with Crippen LogP contribution >= 0.6 is 0 Å². The molecular formula is C29H33N7O2. The molecule has 2 saturated heterocycles. The Bertz CT molecular complexity index is 1400. The molecule has 2 fully saturated rings. The fraction of sp³-hybridized carbons (Fsp3) is 0.379. The maximum Gasteiger partial charge on any atom is 0.225 e. The van der Waals surface area contributed by atoms with Crippen molar-refractivity contribution in [1.29, 1.82) is 0 Å². The third kappa shape index (κ3) is 4.63. The number of fused-ring (bicyclic) bond motifs is 1. The number of aldehydes is 1. The van der Waals surface area contributed by atoms with Gasteiger partial charge >= 0.3 is 0 Å². The molecule has 2 aliphatic heterocycles. The minimum Gasteiger partial charge on any atom is -0.393 e. The van der Waals surface area contributed by atoms with Gasteiger partial charge in [-0.1, -0.05) is 18.2 Å². The van der Waals surface area contributed by atoms with Gasteiger partial charge < -0.3 is 19.5 Å². The number of carbonyl (C=O) groups excluding carboxylic acids is 1. The van der Waals surface area contributed by atoms with Crippen LogP contribution in [0.3, 0.4) is 0 Å². The fourth-order valence-corrected chi connectivity index (χ4v) is 5.80. The lowest BCUT2D eigenvalue weighted by atomic mass is 10.0. The van der Waals surface area contributed by atoms with E-state index in [-0.39, 0.29) is 18.3 Å². The summed E-state index contributed by atoms with van der Waals surface area (Å²) in [6.07, 6.45) is 11.3. The van der Waals surface area contributed by atoms with Crippen LogP contribution in [0.5, 0.6) is 0 Å². The van der Waals surface area contributed by atoms with Gasteiger partial charge in [0.25, 0.3) is 0 Å². The Morgan fingerprint density at radius 3 is 2.53 bits per heavy atom. The average Bonchev–Trinajstić information content (AvgIpc) is 3.39. The number of aliphatic hydroxyl groups excluding tert-OH is 1. The summed E-state index contributed by atoms with van der Waals surface area (Å²) in [4.78, 5) is 32.7. The van der Waals surface area contributed by atoms with Crippen LogP contribution in [0, 0.1) is 0 Å². The number of hydrogen-bond donors (Lipinski definition) is 1. The lowest BCUT2D eigenvalue weighted by molar-refractivity contribution is -0.116. The SMILES string of the molecule is CC1CN(c2ccccc2-c2cnc(N3CCC(O)CC3)nc2)CCN1C(C=O)n1ccc2ccncc21. The molecule has 1 aromatic carbocycles. The Balaban J connectivity index is 1.20. The lowest BCUT2D eigenvalue weighted by Crippen LogP contribution is -2.54. The Morgan fingerprint density at radius 2 is 1.76 bits per heavy atom. The van der Waals surface area contributed by atoms with E-state index in [1.165, 1.54) is 0 Å². The number of aromatic nitrogens is 4. The summed E-state index contributed by atoms with van der Waals surface area (Å²) in [6, 6.07) is 12.6. The molecule has 0 bridgehead atoms. The van der Waals surface area contributed by atoms with Gasteiger partial charge in [-0.2, -0.15) is 0 Å². The summed E-state index contributed by atoms with van der Waals surface area (Å²) in [5.41, 5.74) is 4.19.